The van der Waals surface area contributed by atoms with E-state index in [1.807, 2.05) is 60.7 Å². The molecule has 0 saturated heterocycles. The zero-order valence-electron chi connectivity index (χ0n) is 15.1. The molecule has 1 aromatic heterocycles. The summed E-state index contributed by atoms with van der Waals surface area (Å²) in [5.74, 6) is 0.998. The third-order valence-corrected chi connectivity index (χ3v) is 4.73. The van der Waals surface area contributed by atoms with Gasteiger partial charge in [0.05, 0.1) is 0 Å². The molecule has 0 atom stereocenters. The third-order valence-electron chi connectivity index (χ3n) is 4.73. The largest absolute Gasteiger partial charge is 0.348 e. The van der Waals surface area contributed by atoms with Gasteiger partial charge < -0.3 is 10.6 Å². The molecule has 1 aliphatic carbocycles. The number of amides is 1. The Kier molecular flexibility index (Phi) is 5.10. The summed E-state index contributed by atoms with van der Waals surface area (Å²) in [6.07, 6.45) is 4.42. The molecule has 2 N–H and O–H groups in total. The van der Waals surface area contributed by atoms with Gasteiger partial charge in [-0.25, -0.2) is 9.97 Å². The second kappa shape index (κ2) is 7.99. The number of para-hydroxylation sites is 1. The Morgan fingerprint density at radius 3 is 2.26 bits per heavy atom. The molecule has 1 saturated carbocycles. The molecule has 0 spiro atoms. The quantitative estimate of drug-likeness (QED) is 0.702. The van der Waals surface area contributed by atoms with Gasteiger partial charge in [0.2, 0.25) is 0 Å². The van der Waals surface area contributed by atoms with Crippen LogP contribution < -0.4 is 10.6 Å². The lowest BCUT2D eigenvalue weighted by molar-refractivity contribution is 0.0933. The number of benzene rings is 2. The number of nitrogens with one attached hydrogen (secondary N) is 2. The van der Waals surface area contributed by atoms with Crippen LogP contribution in [0.15, 0.2) is 66.7 Å². The van der Waals surface area contributed by atoms with E-state index in [-0.39, 0.29) is 11.9 Å². The third kappa shape index (κ3) is 4.31. The molecular formula is C22H22N4O. The molecule has 2 aromatic carbocycles. The van der Waals surface area contributed by atoms with Crippen molar-refractivity contribution < 1.29 is 4.79 Å². The fourth-order valence-corrected chi connectivity index (χ4v) is 3.34. The maximum absolute atomic E-state index is 12.8. The van der Waals surface area contributed by atoms with Crippen LogP contribution in [0.5, 0.6) is 0 Å². The van der Waals surface area contributed by atoms with Crippen LogP contribution >= 0.6 is 0 Å². The van der Waals surface area contributed by atoms with Gasteiger partial charge in [0.1, 0.15) is 11.5 Å². The first kappa shape index (κ1) is 17.2. The number of rotatable bonds is 5. The predicted octanol–water partition coefficient (Wildman–Crippen LogP) is 4.56. The summed E-state index contributed by atoms with van der Waals surface area (Å²) in [6.45, 7) is 0. The summed E-state index contributed by atoms with van der Waals surface area (Å²) >= 11 is 0. The van der Waals surface area contributed by atoms with E-state index < -0.39 is 0 Å². The highest BCUT2D eigenvalue weighted by Crippen LogP contribution is 2.22. The van der Waals surface area contributed by atoms with Crippen LogP contribution in [0.2, 0.25) is 0 Å². The Bertz CT molecular complexity index is 906. The second-order valence-corrected chi connectivity index (χ2v) is 6.77. The summed E-state index contributed by atoms with van der Waals surface area (Å²) in [6, 6.07) is 21.5. The van der Waals surface area contributed by atoms with Gasteiger partial charge in [0.15, 0.2) is 5.82 Å². The summed E-state index contributed by atoms with van der Waals surface area (Å²) in [7, 11) is 0. The van der Waals surface area contributed by atoms with Crippen molar-refractivity contribution in [2.24, 2.45) is 0 Å². The highest BCUT2D eigenvalue weighted by Gasteiger charge is 2.20. The molecule has 27 heavy (non-hydrogen) atoms. The van der Waals surface area contributed by atoms with Crippen LogP contribution in [0.3, 0.4) is 0 Å². The second-order valence-electron chi connectivity index (χ2n) is 6.77. The van der Waals surface area contributed by atoms with Crippen LogP contribution in [0, 0.1) is 0 Å². The molecule has 0 unspecified atom stereocenters. The van der Waals surface area contributed by atoms with Gasteiger partial charge in [0.25, 0.3) is 5.91 Å². The average Bonchev–Trinajstić information content (AvgIpc) is 3.22. The van der Waals surface area contributed by atoms with Crippen LogP contribution in [0.25, 0.3) is 11.4 Å². The lowest BCUT2D eigenvalue weighted by Gasteiger charge is -2.13. The van der Waals surface area contributed by atoms with Gasteiger partial charge in [-0.2, -0.15) is 0 Å². The van der Waals surface area contributed by atoms with E-state index in [1.54, 1.807) is 6.07 Å². The number of nitrogens with zero attached hydrogens (tertiary/aromatic N) is 2. The zero-order chi connectivity index (χ0) is 18.5. The molecule has 0 bridgehead atoms. The van der Waals surface area contributed by atoms with Gasteiger partial charge in [-0.15, -0.1) is 0 Å². The minimum Gasteiger partial charge on any atom is -0.348 e. The first-order valence-electron chi connectivity index (χ1n) is 9.35. The minimum atomic E-state index is -0.141. The normalized spacial score (nSPS) is 14.1. The molecule has 1 heterocycles. The van der Waals surface area contributed by atoms with Crippen molar-refractivity contribution in [1.82, 2.24) is 15.3 Å². The Morgan fingerprint density at radius 2 is 1.56 bits per heavy atom. The van der Waals surface area contributed by atoms with Crippen molar-refractivity contribution >= 4 is 17.4 Å². The molecule has 5 heteroatoms. The van der Waals surface area contributed by atoms with Gasteiger partial charge in [-0.1, -0.05) is 61.4 Å². The molecule has 3 aromatic rings. The number of hydrogen-bond acceptors (Lipinski definition) is 4. The Morgan fingerprint density at radius 1 is 0.889 bits per heavy atom. The van der Waals surface area contributed by atoms with E-state index in [0.717, 1.165) is 24.1 Å². The minimum absolute atomic E-state index is 0.141. The molecule has 5 nitrogen and oxygen atoms in total. The summed E-state index contributed by atoms with van der Waals surface area (Å²) in [5.41, 5.74) is 2.18. The van der Waals surface area contributed by atoms with Crippen LogP contribution in [-0.4, -0.2) is 21.9 Å². The lowest BCUT2D eigenvalue weighted by Crippen LogP contribution is -2.33. The van der Waals surface area contributed by atoms with Crippen molar-refractivity contribution in [3.8, 4) is 11.4 Å². The van der Waals surface area contributed by atoms with Crippen molar-refractivity contribution in [2.45, 2.75) is 31.7 Å². The summed E-state index contributed by atoms with van der Waals surface area (Å²) in [4.78, 5) is 21.9. The molecule has 4 rings (SSSR count). The fourth-order valence-electron chi connectivity index (χ4n) is 3.34. The first-order chi connectivity index (χ1) is 13.3. The molecule has 0 aliphatic heterocycles. The summed E-state index contributed by atoms with van der Waals surface area (Å²) in [5, 5.41) is 6.38. The van der Waals surface area contributed by atoms with Crippen LogP contribution in [0.4, 0.5) is 11.5 Å². The van der Waals surface area contributed by atoms with Crippen molar-refractivity contribution in [1.29, 1.82) is 0 Å². The molecule has 1 fully saturated rings. The van der Waals surface area contributed by atoms with E-state index in [2.05, 4.69) is 20.6 Å². The standard InChI is InChI=1S/C22H22N4O/c27-22(24-18-13-7-8-14-18)19-15-20(23-17-11-5-2-6-12-17)26-21(25-19)16-9-3-1-4-10-16/h1-6,9-12,15,18H,7-8,13-14H2,(H,24,27)(H,23,25,26). The van der Waals surface area contributed by atoms with E-state index in [0.29, 0.717) is 17.3 Å². The van der Waals surface area contributed by atoms with Gasteiger partial charge in [-0.05, 0) is 25.0 Å². The fraction of sp³-hybridized carbons (Fsp3) is 0.227. The number of aromatic nitrogens is 2. The van der Waals surface area contributed by atoms with Crippen molar-refractivity contribution in [3.63, 3.8) is 0 Å². The number of carbonyl (C=O) groups is 1. The molecule has 1 amide bonds. The van der Waals surface area contributed by atoms with Gasteiger partial charge in [0, 0.05) is 23.4 Å². The smallest absolute Gasteiger partial charge is 0.270 e. The monoisotopic (exact) mass is 358 g/mol. The highest BCUT2D eigenvalue weighted by molar-refractivity contribution is 5.93. The van der Waals surface area contributed by atoms with Gasteiger partial charge in [-0.3, -0.25) is 4.79 Å². The number of carbonyl (C=O) groups excluding carboxylic acids is 1. The van der Waals surface area contributed by atoms with E-state index in [4.69, 9.17) is 0 Å². The maximum atomic E-state index is 12.8. The Labute approximate surface area is 158 Å². The van der Waals surface area contributed by atoms with Crippen LogP contribution in [-0.2, 0) is 0 Å². The Balaban J connectivity index is 1.66. The topological polar surface area (TPSA) is 66.9 Å². The Hall–Kier alpha value is -3.21. The molecule has 1 aliphatic rings. The zero-order valence-corrected chi connectivity index (χ0v) is 15.1. The SMILES string of the molecule is O=C(NC1CCCC1)c1cc(Nc2ccccc2)nc(-c2ccccc2)n1. The van der Waals surface area contributed by atoms with Crippen molar-refractivity contribution in [3.05, 3.63) is 72.4 Å². The lowest BCUT2D eigenvalue weighted by atomic mass is 10.2. The van der Waals surface area contributed by atoms with E-state index in [9.17, 15) is 4.79 Å². The highest BCUT2D eigenvalue weighted by atomic mass is 16.1. The van der Waals surface area contributed by atoms with Gasteiger partial charge >= 0.3 is 0 Å². The van der Waals surface area contributed by atoms with E-state index >= 15 is 0 Å². The number of hydrogen-bond donors (Lipinski definition) is 2. The first-order valence-corrected chi connectivity index (χ1v) is 9.35. The van der Waals surface area contributed by atoms with Crippen LogP contribution in [0.1, 0.15) is 36.2 Å². The summed E-state index contributed by atoms with van der Waals surface area (Å²) < 4.78 is 0. The average molecular weight is 358 g/mol. The maximum Gasteiger partial charge on any atom is 0.270 e. The predicted molar refractivity (Wildman–Crippen MR) is 107 cm³/mol. The number of anilines is 2. The van der Waals surface area contributed by atoms with E-state index in [1.165, 1.54) is 12.8 Å². The molecule has 136 valence electrons. The molecular weight excluding hydrogens is 336 g/mol. The van der Waals surface area contributed by atoms with Crippen molar-refractivity contribution in [2.75, 3.05) is 5.32 Å². The molecule has 0 radical (unpaired) electrons.